The van der Waals surface area contributed by atoms with Gasteiger partial charge in [0.2, 0.25) is 10.0 Å². The Balaban J connectivity index is 2.54. The van der Waals surface area contributed by atoms with E-state index in [1.54, 1.807) is 0 Å². The van der Waals surface area contributed by atoms with Gasteiger partial charge in [-0.05, 0) is 19.8 Å². The summed E-state index contributed by atoms with van der Waals surface area (Å²) in [7, 11) is -7.25. The number of sulfone groups is 1. The minimum Gasteiger partial charge on any atom is -0.313 e. The van der Waals surface area contributed by atoms with Crippen LogP contribution in [0.1, 0.15) is 19.8 Å². The van der Waals surface area contributed by atoms with E-state index in [1.807, 2.05) is 6.92 Å². The molecule has 1 aliphatic rings. The fourth-order valence-electron chi connectivity index (χ4n) is 1.67. The average molecular weight is 270 g/mol. The first-order valence-electron chi connectivity index (χ1n) is 5.09. The van der Waals surface area contributed by atoms with Crippen molar-refractivity contribution in [2.24, 2.45) is 0 Å². The standard InChI is InChI=1S/C8H18N2O4S2/c1-7-3-4-8(5-9-7)10-16(13,14)6-15(2,11)12/h7-10H,3-6H2,1-2H3. The maximum absolute atomic E-state index is 11.5. The largest absolute Gasteiger partial charge is 0.313 e. The predicted molar refractivity (Wildman–Crippen MR) is 62.3 cm³/mol. The summed E-state index contributed by atoms with van der Waals surface area (Å²) in [5.74, 6) is 0. The molecule has 16 heavy (non-hydrogen) atoms. The summed E-state index contributed by atoms with van der Waals surface area (Å²) >= 11 is 0. The van der Waals surface area contributed by atoms with E-state index in [-0.39, 0.29) is 6.04 Å². The lowest BCUT2D eigenvalue weighted by molar-refractivity contribution is 0.366. The summed E-state index contributed by atoms with van der Waals surface area (Å²) in [6.45, 7) is 2.57. The van der Waals surface area contributed by atoms with Gasteiger partial charge in [0.05, 0.1) is 0 Å². The summed E-state index contributed by atoms with van der Waals surface area (Å²) in [5.41, 5.74) is 0. The van der Waals surface area contributed by atoms with Crippen LogP contribution in [0.15, 0.2) is 0 Å². The number of hydrogen-bond acceptors (Lipinski definition) is 5. The van der Waals surface area contributed by atoms with E-state index in [0.717, 1.165) is 19.1 Å². The maximum atomic E-state index is 11.5. The molecule has 0 bridgehead atoms. The van der Waals surface area contributed by atoms with Gasteiger partial charge in [-0.3, -0.25) is 0 Å². The van der Waals surface area contributed by atoms with Crippen LogP contribution in [0.5, 0.6) is 0 Å². The van der Waals surface area contributed by atoms with Gasteiger partial charge in [0, 0.05) is 24.9 Å². The van der Waals surface area contributed by atoms with Gasteiger partial charge in [-0.2, -0.15) is 0 Å². The molecule has 1 rings (SSSR count). The van der Waals surface area contributed by atoms with Crippen LogP contribution >= 0.6 is 0 Å². The van der Waals surface area contributed by atoms with Gasteiger partial charge in [-0.1, -0.05) is 0 Å². The highest BCUT2D eigenvalue weighted by Crippen LogP contribution is 2.08. The Morgan fingerprint density at radius 1 is 1.25 bits per heavy atom. The number of rotatable bonds is 4. The van der Waals surface area contributed by atoms with E-state index in [4.69, 9.17) is 0 Å². The Kier molecular flexibility index (Phi) is 4.33. The summed E-state index contributed by atoms with van der Waals surface area (Å²) in [6, 6.07) is 0.179. The van der Waals surface area contributed by atoms with Crippen LogP contribution in [0.3, 0.4) is 0 Å². The molecule has 2 atom stereocenters. The minimum absolute atomic E-state index is 0.206. The number of hydrogen-bond donors (Lipinski definition) is 2. The third-order valence-corrected chi connectivity index (χ3v) is 6.02. The first-order chi connectivity index (χ1) is 7.18. The third-order valence-electron chi connectivity index (χ3n) is 2.38. The van der Waals surface area contributed by atoms with E-state index in [0.29, 0.717) is 12.6 Å². The van der Waals surface area contributed by atoms with Crippen LogP contribution in [-0.2, 0) is 19.9 Å². The monoisotopic (exact) mass is 270 g/mol. The van der Waals surface area contributed by atoms with Crippen LogP contribution in [0.25, 0.3) is 0 Å². The highest BCUT2D eigenvalue weighted by molar-refractivity contribution is 8.06. The van der Waals surface area contributed by atoms with Gasteiger partial charge in [0.1, 0.15) is 0 Å². The second-order valence-electron chi connectivity index (χ2n) is 4.36. The second kappa shape index (κ2) is 4.99. The molecule has 0 radical (unpaired) electrons. The first-order valence-corrected chi connectivity index (χ1v) is 8.80. The summed E-state index contributed by atoms with van der Waals surface area (Å²) in [6.07, 6.45) is 2.52. The van der Waals surface area contributed by atoms with Crippen molar-refractivity contribution < 1.29 is 16.8 Å². The smallest absolute Gasteiger partial charge is 0.226 e. The predicted octanol–water partition coefficient (Wildman–Crippen LogP) is -0.952. The normalized spacial score (nSPS) is 27.9. The Hall–Kier alpha value is -0.180. The number of piperidine rings is 1. The molecule has 8 heteroatoms. The molecule has 1 saturated heterocycles. The van der Waals surface area contributed by atoms with Gasteiger partial charge in [-0.15, -0.1) is 0 Å². The zero-order valence-electron chi connectivity index (χ0n) is 9.43. The Labute approximate surface area is 96.8 Å². The van der Waals surface area contributed by atoms with Crippen molar-refractivity contribution in [2.45, 2.75) is 31.8 Å². The van der Waals surface area contributed by atoms with Crippen molar-refractivity contribution >= 4 is 19.9 Å². The van der Waals surface area contributed by atoms with E-state index < -0.39 is 24.9 Å². The lowest BCUT2D eigenvalue weighted by atomic mass is 10.0. The highest BCUT2D eigenvalue weighted by Gasteiger charge is 2.25. The van der Waals surface area contributed by atoms with Crippen molar-refractivity contribution in [1.82, 2.24) is 10.0 Å². The minimum atomic E-state index is -3.73. The molecule has 0 aliphatic carbocycles. The van der Waals surface area contributed by atoms with E-state index in [1.165, 1.54) is 0 Å². The van der Waals surface area contributed by atoms with Gasteiger partial charge >= 0.3 is 0 Å². The molecule has 1 fully saturated rings. The van der Waals surface area contributed by atoms with E-state index in [9.17, 15) is 16.8 Å². The number of nitrogens with one attached hydrogen (secondary N) is 2. The van der Waals surface area contributed by atoms with Gasteiger partial charge in [0.25, 0.3) is 0 Å². The van der Waals surface area contributed by atoms with E-state index >= 15 is 0 Å². The van der Waals surface area contributed by atoms with Crippen LogP contribution in [0, 0.1) is 0 Å². The van der Waals surface area contributed by atoms with Crippen molar-refractivity contribution in [3.05, 3.63) is 0 Å². The highest BCUT2D eigenvalue weighted by atomic mass is 32.3. The Morgan fingerprint density at radius 3 is 2.31 bits per heavy atom. The van der Waals surface area contributed by atoms with Crippen molar-refractivity contribution in [3.8, 4) is 0 Å². The van der Waals surface area contributed by atoms with Crippen molar-refractivity contribution in [1.29, 1.82) is 0 Å². The topological polar surface area (TPSA) is 92.3 Å². The molecule has 96 valence electrons. The lowest BCUT2D eigenvalue weighted by Crippen LogP contribution is -2.49. The van der Waals surface area contributed by atoms with Gasteiger partial charge in [-0.25, -0.2) is 21.6 Å². The fourth-order valence-corrected chi connectivity index (χ4v) is 4.90. The SMILES string of the molecule is CC1CCC(NS(=O)(=O)CS(C)(=O)=O)CN1. The quantitative estimate of drug-likeness (QED) is 0.687. The zero-order valence-corrected chi connectivity index (χ0v) is 11.1. The molecule has 6 nitrogen and oxygen atoms in total. The summed E-state index contributed by atoms with van der Waals surface area (Å²) < 4.78 is 47.2. The molecular formula is C8H18N2O4S2. The third kappa shape index (κ3) is 5.24. The molecule has 2 unspecified atom stereocenters. The van der Waals surface area contributed by atoms with Crippen LogP contribution in [0.4, 0.5) is 0 Å². The second-order valence-corrected chi connectivity index (χ2v) is 8.62. The van der Waals surface area contributed by atoms with E-state index in [2.05, 4.69) is 10.0 Å². The molecule has 0 aromatic carbocycles. The summed E-state index contributed by atoms with van der Waals surface area (Å²) in [4.78, 5) is 0. The average Bonchev–Trinajstić information content (AvgIpc) is 2.04. The fraction of sp³-hybridized carbons (Fsp3) is 1.00. The molecular weight excluding hydrogens is 252 g/mol. The molecule has 2 N–H and O–H groups in total. The number of sulfonamides is 1. The lowest BCUT2D eigenvalue weighted by Gasteiger charge is -2.27. The zero-order chi connectivity index (χ0) is 12.4. The Bertz CT molecular complexity index is 421. The maximum Gasteiger partial charge on any atom is 0.226 e. The first kappa shape index (κ1) is 13.9. The van der Waals surface area contributed by atoms with Crippen LogP contribution < -0.4 is 10.0 Å². The van der Waals surface area contributed by atoms with Gasteiger partial charge < -0.3 is 5.32 Å². The van der Waals surface area contributed by atoms with Crippen molar-refractivity contribution in [2.75, 3.05) is 17.9 Å². The molecule has 0 amide bonds. The molecule has 0 aromatic rings. The van der Waals surface area contributed by atoms with Crippen LogP contribution in [-0.4, -0.2) is 46.8 Å². The Morgan fingerprint density at radius 2 is 1.88 bits per heavy atom. The van der Waals surface area contributed by atoms with Gasteiger partial charge in [0.15, 0.2) is 14.9 Å². The molecule has 1 heterocycles. The molecule has 1 aliphatic heterocycles. The molecule has 0 saturated carbocycles. The molecule has 0 spiro atoms. The van der Waals surface area contributed by atoms with Crippen molar-refractivity contribution in [3.63, 3.8) is 0 Å². The van der Waals surface area contributed by atoms with Crippen LogP contribution in [0.2, 0.25) is 0 Å². The summed E-state index contributed by atoms with van der Waals surface area (Å²) in [5, 5.41) is 2.30. The molecule has 0 aromatic heterocycles.